The minimum atomic E-state index is -0.0788. The largest absolute Gasteiger partial charge is 0.391 e. The Hall–Kier alpha value is -0.0800. The average Bonchev–Trinajstić information content (AvgIpc) is 2.70. The second-order valence-electron chi connectivity index (χ2n) is 7.40. The van der Waals surface area contributed by atoms with E-state index in [9.17, 15) is 5.11 Å². The highest BCUT2D eigenvalue weighted by Crippen LogP contribution is 2.37. The summed E-state index contributed by atoms with van der Waals surface area (Å²) in [5.41, 5.74) is 0.417. The number of aliphatic hydroxyl groups excluding tert-OH is 1. The summed E-state index contributed by atoms with van der Waals surface area (Å²) in [6, 6.07) is 0.436. The maximum atomic E-state index is 10.2. The third-order valence-electron chi connectivity index (χ3n) is 4.96. The van der Waals surface area contributed by atoms with Crippen molar-refractivity contribution < 1.29 is 5.11 Å². The fraction of sp³-hybridized carbons (Fsp3) is 1.00. The fourth-order valence-electron chi connectivity index (χ4n) is 3.52. The second kappa shape index (κ2) is 4.89. The standard InChI is InChI=1S/C15H29NO/c1-11-5-6-14(17)13(9-11)16-8-7-12(10-16)15(2,3)4/h11-14,17H,5-10H2,1-4H3. The van der Waals surface area contributed by atoms with E-state index in [1.54, 1.807) is 0 Å². The van der Waals surface area contributed by atoms with Crippen molar-refractivity contribution in [1.82, 2.24) is 4.90 Å². The molecule has 0 radical (unpaired) electrons. The lowest BCUT2D eigenvalue weighted by molar-refractivity contribution is 0.0122. The molecule has 17 heavy (non-hydrogen) atoms. The van der Waals surface area contributed by atoms with Gasteiger partial charge in [-0.2, -0.15) is 0 Å². The number of rotatable bonds is 1. The number of hydrogen-bond donors (Lipinski definition) is 1. The predicted octanol–water partition coefficient (Wildman–Crippen LogP) is 2.90. The lowest BCUT2D eigenvalue weighted by atomic mass is 9.80. The summed E-state index contributed by atoms with van der Waals surface area (Å²) in [4.78, 5) is 2.57. The van der Waals surface area contributed by atoms with Crippen LogP contribution >= 0.6 is 0 Å². The van der Waals surface area contributed by atoms with Gasteiger partial charge in [0.15, 0.2) is 0 Å². The molecule has 4 atom stereocenters. The summed E-state index contributed by atoms with van der Waals surface area (Å²) in [5.74, 6) is 1.59. The molecule has 2 nitrogen and oxygen atoms in total. The molecule has 1 saturated carbocycles. The molecule has 0 aromatic carbocycles. The maximum Gasteiger partial charge on any atom is 0.0695 e. The minimum Gasteiger partial charge on any atom is -0.391 e. The molecule has 0 spiro atoms. The van der Waals surface area contributed by atoms with E-state index in [4.69, 9.17) is 0 Å². The van der Waals surface area contributed by atoms with Crippen LogP contribution in [0.15, 0.2) is 0 Å². The number of hydrogen-bond acceptors (Lipinski definition) is 2. The molecule has 0 aromatic rings. The van der Waals surface area contributed by atoms with Crippen LogP contribution in [0.25, 0.3) is 0 Å². The lowest BCUT2D eigenvalue weighted by Gasteiger charge is -2.38. The molecule has 0 amide bonds. The molecule has 1 aliphatic heterocycles. The predicted molar refractivity (Wildman–Crippen MR) is 71.9 cm³/mol. The normalized spacial score (nSPS) is 40.8. The smallest absolute Gasteiger partial charge is 0.0695 e. The Morgan fingerprint density at radius 3 is 2.41 bits per heavy atom. The lowest BCUT2D eigenvalue weighted by Crippen LogP contribution is -2.46. The highest BCUT2D eigenvalue weighted by Gasteiger charge is 2.38. The van der Waals surface area contributed by atoms with Gasteiger partial charge in [0.1, 0.15) is 0 Å². The Kier molecular flexibility index (Phi) is 3.84. The van der Waals surface area contributed by atoms with Crippen LogP contribution in [0.3, 0.4) is 0 Å². The van der Waals surface area contributed by atoms with Crippen molar-refractivity contribution in [2.45, 2.75) is 65.5 Å². The van der Waals surface area contributed by atoms with Gasteiger partial charge >= 0.3 is 0 Å². The summed E-state index contributed by atoms with van der Waals surface area (Å²) in [7, 11) is 0. The van der Waals surface area contributed by atoms with Gasteiger partial charge in [-0.1, -0.05) is 27.7 Å². The molecule has 1 aliphatic carbocycles. The fourth-order valence-corrected chi connectivity index (χ4v) is 3.52. The molecule has 100 valence electrons. The van der Waals surface area contributed by atoms with Gasteiger partial charge < -0.3 is 5.11 Å². The summed E-state index contributed by atoms with van der Waals surface area (Å²) in [5, 5.41) is 10.2. The average molecular weight is 239 g/mol. The first-order valence-corrected chi connectivity index (χ1v) is 7.30. The van der Waals surface area contributed by atoms with Crippen LogP contribution in [0, 0.1) is 17.3 Å². The Morgan fingerprint density at radius 1 is 1.12 bits per heavy atom. The molecule has 1 saturated heterocycles. The summed E-state index contributed by atoms with van der Waals surface area (Å²) >= 11 is 0. The minimum absolute atomic E-state index is 0.0788. The molecular weight excluding hydrogens is 210 g/mol. The zero-order valence-corrected chi connectivity index (χ0v) is 11.9. The van der Waals surface area contributed by atoms with Crippen LogP contribution in [0.2, 0.25) is 0 Å². The first-order chi connectivity index (χ1) is 7.88. The third-order valence-corrected chi connectivity index (χ3v) is 4.96. The van der Waals surface area contributed by atoms with E-state index in [2.05, 4.69) is 32.6 Å². The summed E-state index contributed by atoms with van der Waals surface area (Å²) in [6.07, 6.45) is 4.63. The van der Waals surface area contributed by atoms with Crippen molar-refractivity contribution in [3.63, 3.8) is 0 Å². The van der Waals surface area contributed by atoms with E-state index in [-0.39, 0.29) is 6.10 Å². The van der Waals surface area contributed by atoms with Crippen molar-refractivity contribution in [2.24, 2.45) is 17.3 Å². The molecule has 0 bridgehead atoms. The van der Waals surface area contributed by atoms with Crippen LogP contribution in [-0.4, -0.2) is 35.2 Å². The second-order valence-corrected chi connectivity index (χ2v) is 7.40. The van der Waals surface area contributed by atoms with Crippen LogP contribution in [0.5, 0.6) is 0 Å². The van der Waals surface area contributed by atoms with Crippen molar-refractivity contribution in [1.29, 1.82) is 0 Å². The maximum absolute atomic E-state index is 10.2. The Balaban J connectivity index is 1.95. The number of aliphatic hydroxyl groups is 1. The van der Waals surface area contributed by atoms with E-state index < -0.39 is 0 Å². The third kappa shape index (κ3) is 3.03. The Bertz CT molecular complexity index is 258. The first-order valence-electron chi connectivity index (χ1n) is 7.30. The SMILES string of the molecule is CC1CCC(O)C(N2CCC(C(C)(C)C)C2)C1. The van der Waals surface area contributed by atoms with Gasteiger partial charge in [-0.15, -0.1) is 0 Å². The van der Waals surface area contributed by atoms with Gasteiger partial charge in [0.25, 0.3) is 0 Å². The quantitative estimate of drug-likeness (QED) is 0.760. The number of nitrogens with zero attached hydrogens (tertiary/aromatic N) is 1. The van der Waals surface area contributed by atoms with E-state index >= 15 is 0 Å². The van der Waals surface area contributed by atoms with Gasteiger partial charge in [-0.25, -0.2) is 0 Å². The monoisotopic (exact) mass is 239 g/mol. The van der Waals surface area contributed by atoms with E-state index in [0.717, 1.165) is 18.3 Å². The van der Waals surface area contributed by atoms with E-state index in [1.807, 2.05) is 0 Å². The zero-order valence-electron chi connectivity index (χ0n) is 11.9. The highest BCUT2D eigenvalue weighted by molar-refractivity contribution is 4.92. The molecule has 2 aliphatic rings. The van der Waals surface area contributed by atoms with E-state index in [0.29, 0.717) is 11.5 Å². The molecule has 2 fully saturated rings. The van der Waals surface area contributed by atoms with Crippen molar-refractivity contribution in [2.75, 3.05) is 13.1 Å². The van der Waals surface area contributed by atoms with Gasteiger partial charge in [0, 0.05) is 12.6 Å². The molecule has 2 heteroatoms. The summed E-state index contributed by atoms with van der Waals surface area (Å²) in [6.45, 7) is 11.8. The van der Waals surface area contributed by atoms with Crippen LogP contribution in [0.4, 0.5) is 0 Å². The van der Waals surface area contributed by atoms with E-state index in [1.165, 1.54) is 32.4 Å². The van der Waals surface area contributed by atoms with Crippen LogP contribution in [0.1, 0.15) is 53.4 Å². The first kappa shape index (κ1) is 13.4. The molecular formula is C15H29NO. The molecule has 4 unspecified atom stereocenters. The number of likely N-dealkylation sites (tertiary alicyclic amines) is 1. The van der Waals surface area contributed by atoms with Gasteiger partial charge in [-0.05, 0) is 49.5 Å². The van der Waals surface area contributed by atoms with Crippen molar-refractivity contribution >= 4 is 0 Å². The van der Waals surface area contributed by atoms with Gasteiger partial charge in [-0.3, -0.25) is 4.90 Å². The highest BCUT2D eigenvalue weighted by atomic mass is 16.3. The molecule has 0 aromatic heterocycles. The Labute approximate surface area is 106 Å². The molecule has 1 N–H and O–H groups in total. The summed E-state index contributed by atoms with van der Waals surface area (Å²) < 4.78 is 0. The molecule has 1 heterocycles. The van der Waals surface area contributed by atoms with Crippen molar-refractivity contribution in [3.05, 3.63) is 0 Å². The van der Waals surface area contributed by atoms with Crippen LogP contribution in [-0.2, 0) is 0 Å². The van der Waals surface area contributed by atoms with Crippen LogP contribution < -0.4 is 0 Å². The Morgan fingerprint density at radius 2 is 1.82 bits per heavy atom. The van der Waals surface area contributed by atoms with Gasteiger partial charge in [0.05, 0.1) is 6.10 Å². The van der Waals surface area contributed by atoms with Gasteiger partial charge in [0.2, 0.25) is 0 Å². The zero-order chi connectivity index (χ0) is 12.6. The molecule has 2 rings (SSSR count). The topological polar surface area (TPSA) is 23.5 Å². The van der Waals surface area contributed by atoms with Crippen molar-refractivity contribution in [3.8, 4) is 0 Å².